The van der Waals surface area contributed by atoms with Crippen molar-refractivity contribution in [3.8, 4) is 0 Å². The lowest BCUT2D eigenvalue weighted by Gasteiger charge is -2.47. The Kier molecular flexibility index (Phi) is 5.61. The van der Waals surface area contributed by atoms with Crippen LogP contribution >= 0.6 is 0 Å². The highest BCUT2D eigenvalue weighted by atomic mass is 19.3. The number of amides is 1. The molecule has 8 heteroatoms. The van der Waals surface area contributed by atoms with Crippen molar-refractivity contribution in [2.24, 2.45) is 0 Å². The van der Waals surface area contributed by atoms with E-state index >= 15 is 0 Å². The van der Waals surface area contributed by atoms with Crippen molar-refractivity contribution in [1.29, 1.82) is 0 Å². The van der Waals surface area contributed by atoms with Gasteiger partial charge in [0, 0.05) is 0 Å². The summed E-state index contributed by atoms with van der Waals surface area (Å²) in [6.07, 6.45) is -2.51. The molecule has 1 N–H and O–H groups in total. The second-order valence-electron chi connectivity index (χ2n) is 4.60. The van der Waals surface area contributed by atoms with Gasteiger partial charge in [-0.2, -0.15) is 0 Å². The minimum absolute atomic E-state index is 0.0295. The normalized spacial score (nSPS) is 17.4. The van der Waals surface area contributed by atoms with E-state index in [1.807, 2.05) is 0 Å². The lowest BCUT2D eigenvalue weighted by molar-refractivity contribution is -0.173. The van der Waals surface area contributed by atoms with Crippen LogP contribution in [0.5, 0.6) is 0 Å². The van der Waals surface area contributed by atoms with Gasteiger partial charge in [0.15, 0.2) is 0 Å². The van der Waals surface area contributed by atoms with E-state index in [1.54, 1.807) is 6.92 Å². The number of hydrogen-bond donors (Lipinski definition) is 1. The zero-order chi connectivity index (χ0) is 14.5. The molecule has 0 aliphatic carbocycles. The van der Waals surface area contributed by atoms with Crippen molar-refractivity contribution >= 4 is 11.9 Å². The summed E-state index contributed by atoms with van der Waals surface area (Å²) < 4.78 is 33.3. The fourth-order valence-corrected chi connectivity index (χ4v) is 1.75. The number of nitrogens with zero attached hydrogens (tertiary/aromatic N) is 1. The number of hydrogen-bond acceptors (Lipinski definition) is 4. The van der Waals surface area contributed by atoms with Crippen molar-refractivity contribution in [1.82, 2.24) is 4.90 Å². The zero-order valence-electron chi connectivity index (χ0n) is 10.6. The van der Waals surface area contributed by atoms with Gasteiger partial charge >= 0.3 is 5.97 Å². The van der Waals surface area contributed by atoms with E-state index < -0.39 is 31.2 Å². The molecule has 0 atom stereocenters. The molecule has 0 spiro atoms. The highest BCUT2D eigenvalue weighted by Gasteiger charge is 2.42. The number of carboxylic acids is 1. The van der Waals surface area contributed by atoms with Gasteiger partial charge in [0.05, 0.1) is 26.1 Å². The summed E-state index contributed by atoms with van der Waals surface area (Å²) in [4.78, 5) is 23.4. The molecule has 110 valence electrons. The van der Waals surface area contributed by atoms with Crippen LogP contribution in [-0.4, -0.2) is 66.8 Å². The summed E-state index contributed by atoms with van der Waals surface area (Å²) in [5.41, 5.74) is -0.641. The Hall–Kier alpha value is -1.28. The summed E-state index contributed by atoms with van der Waals surface area (Å²) >= 11 is 0. The van der Waals surface area contributed by atoms with Crippen LogP contribution in [0.15, 0.2) is 0 Å². The van der Waals surface area contributed by atoms with E-state index in [-0.39, 0.29) is 18.9 Å². The Morgan fingerprint density at radius 2 is 2.05 bits per heavy atom. The molecule has 0 aromatic rings. The van der Waals surface area contributed by atoms with Crippen LogP contribution in [0, 0.1) is 0 Å². The van der Waals surface area contributed by atoms with E-state index in [1.165, 1.54) is 4.90 Å². The standard InChI is InChI=1S/C11H17F2NO5/c1-11(19-5-10(16)17)6-14(7-11)9(15)2-3-18-4-8(12)13/h8H,2-7H2,1H3,(H,16,17). The number of likely N-dealkylation sites (tertiary alicyclic amines) is 1. The monoisotopic (exact) mass is 281 g/mol. The molecule has 0 radical (unpaired) electrons. The van der Waals surface area contributed by atoms with Crippen LogP contribution < -0.4 is 0 Å². The number of carbonyl (C=O) groups excluding carboxylic acids is 1. The number of carbonyl (C=O) groups is 2. The predicted molar refractivity (Wildman–Crippen MR) is 60.0 cm³/mol. The third-order valence-corrected chi connectivity index (χ3v) is 2.65. The number of rotatable bonds is 8. The highest BCUT2D eigenvalue weighted by molar-refractivity contribution is 5.77. The lowest BCUT2D eigenvalue weighted by atomic mass is 9.96. The smallest absolute Gasteiger partial charge is 0.329 e. The summed E-state index contributed by atoms with van der Waals surface area (Å²) in [5, 5.41) is 8.48. The number of halogens is 2. The minimum Gasteiger partial charge on any atom is -0.480 e. The van der Waals surface area contributed by atoms with Crippen LogP contribution in [0.25, 0.3) is 0 Å². The lowest BCUT2D eigenvalue weighted by Crippen LogP contribution is -2.63. The topological polar surface area (TPSA) is 76.1 Å². The van der Waals surface area contributed by atoms with Crippen molar-refractivity contribution in [2.75, 3.05) is 32.9 Å². The summed E-state index contributed by atoms with van der Waals surface area (Å²) in [6, 6.07) is 0. The molecule has 1 aliphatic rings. The second kappa shape index (κ2) is 6.76. The molecule has 0 bridgehead atoms. The Morgan fingerprint density at radius 3 is 2.58 bits per heavy atom. The molecule has 6 nitrogen and oxygen atoms in total. The first-order valence-electron chi connectivity index (χ1n) is 5.82. The summed E-state index contributed by atoms with van der Waals surface area (Å²) in [5.74, 6) is -1.28. The first kappa shape index (κ1) is 15.8. The van der Waals surface area contributed by atoms with Crippen LogP contribution in [0.1, 0.15) is 13.3 Å². The Bertz CT molecular complexity index is 331. The van der Waals surface area contributed by atoms with Crippen molar-refractivity contribution in [3.05, 3.63) is 0 Å². The van der Waals surface area contributed by atoms with Gasteiger partial charge in [-0.25, -0.2) is 13.6 Å². The first-order valence-corrected chi connectivity index (χ1v) is 5.82. The van der Waals surface area contributed by atoms with Crippen molar-refractivity contribution in [2.45, 2.75) is 25.4 Å². The van der Waals surface area contributed by atoms with Crippen LogP contribution in [0.3, 0.4) is 0 Å². The van der Waals surface area contributed by atoms with Gasteiger partial charge in [0.25, 0.3) is 6.43 Å². The molecular formula is C11H17F2NO5. The van der Waals surface area contributed by atoms with Crippen molar-refractivity contribution in [3.63, 3.8) is 0 Å². The SMILES string of the molecule is CC1(OCC(=O)O)CN(C(=O)CCOCC(F)F)C1. The molecule has 1 fully saturated rings. The number of alkyl halides is 2. The Balaban J connectivity index is 2.15. The summed E-state index contributed by atoms with van der Waals surface area (Å²) in [7, 11) is 0. The molecule has 0 aromatic heterocycles. The molecule has 1 rings (SSSR count). The van der Waals surface area contributed by atoms with Gasteiger partial charge in [-0.3, -0.25) is 4.79 Å². The highest BCUT2D eigenvalue weighted by Crippen LogP contribution is 2.25. The van der Waals surface area contributed by atoms with E-state index in [0.717, 1.165) is 0 Å². The van der Waals surface area contributed by atoms with Gasteiger partial charge in [-0.15, -0.1) is 0 Å². The van der Waals surface area contributed by atoms with E-state index in [2.05, 4.69) is 4.74 Å². The van der Waals surface area contributed by atoms with Crippen LogP contribution in [0.4, 0.5) is 8.78 Å². The third kappa shape index (κ3) is 5.48. The van der Waals surface area contributed by atoms with E-state index in [4.69, 9.17) is 9.84 Å². The van der Waals surface area contributed by atoms with Crippen LogP contribution in [0.2, 0.25) is 0 Å². The molecule has 1 saturated heterocycles. The summed E-state index contributed by atoms with van der Waals surface area (Å²) in [6.45, 7) is 1.18. The maximum absolute atomic E-state index is 11.8. The Morgan fingerprint density at radius 1 is 1.42 bits per heavy atom. The molecule has 1 heterocycles. The maximum atomic E-state index is 11.8. The number of aliphatic carboxylic acids is 1. The van der Waals surface area contributed by atoms with Gasteiger partial charge in [-0.05, 0) is 6.92 Å². The molecule has 19 heavy (non-hydrogen) atoms. The average Bonchev–Trinajstić information content (AvgIpc) is 2.28. The maximum Gasteiger partial charge on any atom is 0.329 e. The number of carboxylic acid groups (broad SMARTS) is 1. The molecule has 1 amide bonds. The molecule has 0 unspecified atom stereocenters. The van der Waals surface area contributed by atoms with Gasteiger partial charge in [-0.1, -0.05) is 0 Å². The van der Waals surface area contributed by atoms with E-state index in [0.29, 0.717) is 13.1 Å². The minimum atomic E-state index is -2.54. The van der Waals surface area contributed by atoms with Gasteiger partial charge in [0.1, 0.15) is 18.8 Å². The predicted octanol–water partition coefficient (Wildman–Crippen LogP) is 0.360. The Labute approximate surface area is 109 Å². The second-order valence-corrected chi connectivity index (χ2v) is 4.60. The van der Waals surface area contributed by atoms with E-state index in [9.17, 15) is 18.4 Å². The molecule has 0 saturated carbocycles. The quantitative estimate of drug-likeness (QED) is 0.650. The molecular weight excluding hydrogens is 264 g/mol. The molecule has 1 aliphatic heterocycles. The third-order valence-electron chi connectivity index (χ3n) is 2.65. The largest absolute Gasteiger partial charge is 0.480 e. The van der Waals surface area contributed by atoms with Crippen LogP contribution in [-0.2, 0) is 19.1 Å². The fourth-order valence-electron chi connectivity index (χ4n) is 1.75. The van der Waals surface area contributed by atoms with Gasteiger partial charge < -0.3 is 19.5 Å². The zero-order valence-corrected chi connectivity index (χ0v) is 10.6. The fraction of sp³-hybridized carbons (Fsp3) is 0.818. The van der Waals surface area contributed by atoms with Crippen molar-refractivity contribution < 1.29 is 33.0 Å². The average molecular weight is 281 g/mol. The number of ether oxygens (including phenoxy) is 2. The molecule has 0 aromatic carbocycles. The van der Waals surface area contributed by atoms with Gasteiger partial charge in [0.2, 0.25) is 5.91 Å². The first-order chi connectivity index (χ1) is 8.82.